The third-order valence-corrected chi connectivity index (χ3v) is 3.57. The summed E-state index contributed by atoms with van der Waals surface area (Å²) < 4.78 is 31.3. The number of aryl methyl sites for hydroxylation is 1. The number of anilines is 1. The van der Waals surface area contributed by atoms with Gasteiger partial charge in [-0.05, 0) is 38.1 Å². The molecular formula is C19H18F2N2O4. The molecule has 0 aromatic heterocycles. The highest BCUT2D eigenvalue weighted by Crippen LogP contribution is 2.15. The number of esters is 1. The van der Waals surface area contributed by atoms with Crippen molar-refractivity contribution in [2.24, 2.45) is 0 Å². The van der Waals surface area contributed by atoms with Gasteiger partial charge in [-0.25, -0.2) is 8.78 Å². The van der Waals surface area contributed by atoms with Crippen LogP contribution < -0.4 is 10.6 Å². The van der Waals surface area contributed by atoms with Crippen LogP contribution in [0.3, 0.4) is 0 Å². The lowest BCUT2D eigenvalue weighted by Crippen LogP contribution is -2.36. The fraction of sp³-hybridized carbons (Fsp3) is 0.211. The number of carbonyl (C=O) groups is 3. The monoisotopic (exact) mass is 376 g/mol. The fourth-order valence-electron chi connectivity index (χ4n) is 2.08. The zero-order chi connectivity index (χ0) is 20.0. The highest BCUT2D eigenvalue weighted by molar-refractivity contribution is 5.97. The molecule has 0 saturated heterocycles. The second-order valence-corrected chi connectivity index (χ2v) is 5.79. The van der Waals surface area contributed by atoms with E-state index in [4.69, 9.17) is 4.74 Å². The normalized spacial score (nSPS) is 11.4. The van der Waals surface area contributed by atoms with Gasteiger partial charge in [0, 0.05) is 11.6 Å². The number of nitrogens with one attached hydrogen (secondary N) is 2. The molecule has 2 aromatic carbocycles. The number of amides is 2. The number of ether oxygens (including phenoxy) is 1. The van der Waals surface area contributed by atoms with Crippen molar-refractivity contribution in [2.45, 2.75) is 20.0 Å². The van der Waals surface area contributed by atoms with Gasteiger partial charge in [-0.1, -0.05) is 17.7 Å². The van der Waals surface area contributed by atoms with E-state index in [1.807, 2.05) is 6.92 Å². The predicted molar refractivity (Wildman–Crippen MR) is 94.1 cm³/mol. The molecule has 0 spiro atoms. The number of carbonyl (C=O) groups excluding carboxylic acids is 3. The van der Waals surface area contributed by atoms with Gasteiger partial charge in [0.25, 0.3) is 11.8 Å². The summed E-state index contributed by atoms with van der Waals surface area (Å²) in [6, 6.07) is 9.40. The van der Waals surface area contributed by atoms with Crippen molar-refractivity contribution in [3.05, 3.63) is 65.2 Å². The number of rotatable bonds is 6. The molecule has 0 aliphatic carbocycles. The molecule has 6 nitrogen and oxygen atoms in total. The third-order valence-electron chi connectivity index (χ3n) is 3.57. The Hall–Kier alpha value is -3.29. The van der Waals surface area contributed by atoms with Crippen molar-refractivity contribution >= 4 is 23.5 Å². The Labute approximate surface area is 154 Å². The SMILES string of the molecule is Cc1ccc(C(=O)NCC(=O)OC(C)C(=O)Nc2ccc(F)cc2F)cc1. The zero-order valence-corrected chi connectivity index (χ0v) is 14.7. The minimum Gasteiger partial charge on any atom is -0.451 e. The highest BCUT2D eigenvalue weighted by Gasteiger charge is 2.19. The molecule has 0 aliphatic heterocycles. The highest BCUT2D eigenvalue weighted by atomic mass is 19.1. The standard InChI is InChI=1S/C19H18F2N2O4/c1-11-3-5-13(6-4-11)19(26)22-10-17(24)27-12(2)18(25)23-16-8-7-14(20)9-15(16)21/h3-9,12H,10H2,1-2H3,(H,22,26)(H,23,25). The number of hydrogen-bond donors (Lipinski definition) is 2. The van der Waals surface area contributed by atoms with Gasteiger partial charge in [-0.2, -0.15) is 0 Å². The predicted octanol–water partition coefficient (Wildman–Crippen LogP) is 2.57. The summed E-state index contributed by atoms with van der Waals surface area (Å²) >= 11 is 0. The Morgan fingerprint density at radius 1 is 1.07 bits per heavy atom. The summed E-state index contributed by atoms with van der Waals surface area (Å²) in [5.74, 6) is -3.82. The summed E-state index contributed by atoms with van der Waals surface area (Å²) in [6.07, 6.45) is -1.24. The van der Waals surface area contributed by atoms with Crippen LogP contribution in [0.2, 0.25) is 0 Å². The van der Waals surface area contributed by atoms with Crippen molar-refractivity contribution in [2.75, 3.05) is 11.9 Å². The summed E-state index contributed by atoms with van der Waals surface area (Å²) in [4.78, 5) is 35.6. The van der Waals surface area contributed by atoms with Crippen LogP contribution in [0.1, 0.15) is 22.8 Å². The molecule has 27 heavy (non-hydrogen) atoms. The lowest BCUT2D eigenvalue weighted by molar-refractivity contribution is -0.152. The summed E-state index contributed by atoms with van der Waals surface area (Å²) in [5, 5.41) is 4.57. The average molecular weight is 376 g/mol. The van der Waals surface area contributed by atoms with Gasteiger partial charge in [0.2, 0.25) is 0 Å². The molecule has 2 amide bonds. The topological polar surface area (TPSA) is 84.5 Å². The molecule has 8 heteroatoms. The quantitative estimate of drug-likeness (QED) is 0.759. The minimum absolute atomic E-state index is 0.239. The van der Waals surface area contributed by atoms with E-state index in [0.29, 0.717) is 11.6 Å². The van der Waals surface area contributed by atoms with Gasteiger partial charge in [0.05, 0.1) is 5.69 Å². The molecule has 2 N–H and O–H groups in total. The Balaban J connectivity index is 1.82. The smallest absolute Gasteiger partial charge is 0.326 e. The van der Waals surface area contributed by atoms with Crippen molar-refractivity contribution in [1.29, 1.82) is 0 Å². The second kappa shape index (κ2) is 8.88. The second-order valence-electron chi connectivity index (χ2n) is 5.79. The maximum Gasteiger partial charge on any atom is 0.326 e. The van der Waals surface area contributed by atoms with Crippen molar-refractivity contribution in [3.63, 3.8) is 0 Å². The van der Waals surface area contributed by atoms with Crippen LogP contribution in [0, 0.1) is 18.6 Å². The van der Waals surface area contributed by atoms with Crippen molar-refractivity contribution in [3.8, 4) is 0 Å². The molecular weight excluding hydrogens is 358 g/mol. The van der Waals surface area contributed by atoms with Gasteiger partial charge in [-0.15, -0.1) is 0 Å². The van der Waals surface area contributed by atoms with Crippen LogP contribution in [0.25, 0.3) is 0 Å². The Bertz CT molecular complexity index is 853. The molecule has 142 valence electrons. The Kier molecular flexibility index (Phi) is 6.59. The van der Waals surface area contributed by atoms with Crippen LogP contribution in [0.15, 0.2) is 42.5 Å². The lowest BCUT2D eigenvalue weighted by Gasteiger charge is -2.14. The number of halogens is 2. The molecule has 1 atom stereocenters. The first-order valence-electron chi connectivity index (χ1n) is 8.06. The fourth-order valence-corrected chi connectivity index (χ4v) is 2.08. The molecule has 0 saturated carbocycles. The maximum absolute atomic E-state index is 13.5. The van der Waals surface area contributed by atoms with E-state index in [9.17, 15) is 23.2 Å². The van der Waals surface area contributed by atoms with E-state index >= 15 is 0 Å². The Morgan fingerprint density at radius 3 is 2.37 bits per heavy atom. The summed E-state index contributed by atoms with van der Waals surface area (Å²) in [5.41, 5.74) is 1.13. The van der Waals surface area contributed by atoms with E-state index in [2.05, 4.69) is 10.6 Å². The van der Waals surface area contributed by atoms with E-state index in [1.165, 1.54) is 6.92 Å². The van der Waals surface area contributed by atoms with Gasteiger partial charge in [-0.3, -0.25) is 14.4 Å². The number of hydrogen-bond acceptors (Lipinski definition) is 4. The molecule has 1 unspecified atom stereocenters. The van der Waals surface area contributed by atoms with E-state index < -0.39 is 42.1 Å². The molecule has 0 heterocycles. The van der Waals surface area contributed by atoms with Gasteiger partial charge < -0.3 is 15.4 Å². The Morgan fingerprint density at radius 2 is 1.74 bits per heavy atom. The minimum atomic E-state index is -1.24. The van der Waals surface area contributed by atoms with E-state index in [-0.39, 0.29) is 5.69 Å². The van der Waals surface area contributed by atoms with Gasteiger partial charge in [0.1, 0.15) is 18.2 Å². The van der Waals surface area contributed by atoms with Gasteiger partial charge in [0.15, 0.2) is 6.10 Å². The maximum atomic E-state index is 13.5. The largest absolute Gasteiger partial charge is 0.451 e. The molecule has 2 aromatic rings. The van der Waals surface area contributed by atoms with Crippen LogP contribution >= 0.6 is 0 Å². The first-order chi connectivity index (χ1) is 12.8. The summed E-state index contributed by atoms with van der Waals surface area (Å²) in [6.45, 7) is 2.73. The number of benzene rings is 2. The van der Waals surface area contributed by atoms with Crippen LogP contribution in [0.4, 0.5) is 14.5 Å². The summed E-state index contributed by atoms with van der Waals surface area (Å²) in [7, 11) is 0. The molecule has 0 radical (unpaired) electrons. The molecule has 0 fully saturated rings. The molecule has 0 bridgehead atoms. The molecule has 0 aliphatic rings. The zero-order valence-electron chi connectivity index (χ0n) is 14.7. The average Bonchev–Trinajstić information content (AvgIpc) is 2.62. The van der Waals surface area contributed by atoms with E-state index in [1.54, 1.807) is 24.3 Å². The van der Waals surface area contributed by atoms with Crippen LogP contribution in [-0.4, -0.2) is 30.4 Å². The van der Waals surface area contributed by atoms with Crippen molar-refractivity contribution < 1.29 is 27.9 Å². The van der Waals surface area contributed by atoms with E-state index in [0.717, 1.165) is 17.7 Å². The third kappa shape index (κ3) is 5.88. The first-order valence-corrected chi connectivity index (χ1v) is 8.06. The van der Waals surface area contributed by atoms with Crippen LogP contribution in [0.5, 0.6) is 0 Å². The first kappa shape index (κ1) is 20.0. The van der Waals surface area contributed by atoms with Gasteiger partial charge >= 0.3 is 5.97 Å². The van der Waals surface area contributed by atoms with Crippen molar-refractivity contribution in [1.82, 2.24) is 5.32 Å². The molecule has 2 rings (SSSR count). The lowest BCUT2D eigenvalue weighted by atomic mass is 10.1. The van der Waals surface area contributed by atoms with Crippen LogP contribution in [-0.2, 0) is 14.3 Å².